The van der Waals surface area contributed by atoms with Gasteiger partial charge in [-0.3, -0.25) is 14.9 Å². The summed E-state index contributed by atoms with van der Waals surface area (Å²) in [7, 11) is -3.11. The van der Waals surface area contributed by atoms with Gasteiger partial charge >= 0.3 is 5.97 Å². The van der Waals surface area contributed by atoms with Crippen molar-refractivity contribution in [3.8, 4) is 0 Å². The molecule has 1 aromatic carbocycles. The van der Waals surface area contributed by atoms with Gasteiger partial charge in [0.25, 0.3) is 5.69 Å². The van der Waals surface area contributed by atoms with Gasteiger partial charge in [-0.2, -0.15) is 0 Å². The number of ether oxygens (including phenoxy) is 1. The summed E-state index contributed by atoms with van der Waals surface area (Å²) < 4.78 is 26.8. The minimum Gasteiger partial charge on any atom is -0.469 e. The Balaban J connectivity index is 3.45. The summed E-state index contributed by atoms with van der Waals surface area (Å²) in [4.78, 5) is 20.5. The lowest BCUT2D eigenvalue weighted by molar-refractivity contribution is -0.388. The second-order valence-electron chi connectivity index (χ2n) is 3.32. The Morgan fingerprint density at radius 1 is 1.50 bits per heavy atom. The van der Waals surface area contributed by atoms with E-state index >= 15 is 0 Å². The van der Waals surface area contributed by atoms with Crippen LogP contribution in [0.25, 0.3) is 0 Å². The zero-order valence-corrected chi connectivity index (χ0v) is 10.1. The predicted octanol–water partition coefficient (Wildman–Crippen LogP) is -0.0423. The van der Waals surface area contributed by atoms with Crippen LogP contribution in [-0.2, 0) is 26.0 Å². The Bertz CT molecular complexity index is 595. The summed E-state index contributed by atoms with van der Waals surface area (Å²) in [5.41, 5.74) is -0.774. The topological polar surface area (TPSA) is 130 Å². The van der Waals surface area contributed by atoms with Crippen molar-refractivity contribution in [2.24, 2.45) is 5.14 Å². The Hall–Kier alpha value is -2.00. The number of methoxy groups -OCH3 is 1. The van der Waals surface area contributed by atoms with E-state index in [1.165, 1.54) is 12.1 Å². The number of benzene rings is 1. The number of nitro groups is 1. The summed E-state index contributed by atoms with van der Waals surface area (Å²) >= 11 is 0. The fourth-order valence-electron chi connectivity index (χ4n) is 1.37. The van der Waals surface area contributed by atoms with Crippen LogP contribution in [0.3, 0.4) is 0 Å². The number of carbonyl (C=O) groups excluding carboxylic acids is 1. The zero-order valence-electron chi connectivity index (χ0n) is 9.32. The fourth-order valence-corrected chi connectivity index (χ4v) is 2.12. The van der Waals surface area contributed by atoms with E-state index in [1.807, 2.05) is 0 Å². The number of sulfonamides is 1. The van der Waals surface area contributed by atoms with E-state index < -0.39 is 37.9 Å². The van der Waals surface area contributed by atoms with Gasteiger partial charge < -0.3 is 4.74 Å². The second-order valence-corrected chi connectivity index (χ2v) is 4.85. The van der Waals surface area contributed by atoms with Gasteiger partial charge in [0, 0.05) is 5.56 Å². The van der Waals surface area contributed by atoms with Crippen molar-refractivity contribution in [3.63, 3.8) is 0 Å². The molecule has 1 rings (SSSR count). The van der Waals surface area contributed by atoms with Crippen molar-refractivity contribution < 1.29 is 22.9 Å². The number of hydrogen-bond donors (Lipinski definition) is 1. The first-order chi connectivity index (χ1) is 8.27. The van der Waals surface area contributed by atoms with Gasteiger partial charge in [-0.15, -0.1) is 0 Å². The monoisotopic (exact) mass is 274 g/mol. The van der Waals surface area contributed by atoms with Crippen molar-refractivity contribution in [2.75, 3.05) is 7.11 Å². The third kappa shape index (κ3) is 3.02. The normalized spacial score (nSPS) is 11.0. The van der Waals surface area contributed by atoms with Crippen molar-refractivity contribution in [1.29, 1.82) is 0 Å². The Labute approximate surface area is 103 Å². The molecule has 0 fully saturated rings. The maximum atomic E-state index is 11.2. The van der Waals surface area contributed by atoms with Gasteiger partial charge in [-0.05, 0) is 6.07 Å². The summed E-state index contributed by atoms with van der Waals surface area (Å²) in [5, 5.41) is 15.8. The van der Waals surface area contributed by atoms with Crippen LogP contribution < -0.4 is 5.14 Å². The SMILES string of the molecule is COC(=O)Cc1cccc(S(N)(=O)=O)c1[N+](=O)[O-]. The number of para-hydroxylation sites is 1. The zero-order chi connectivity index (χ0) is 13.9. The lowest BCUT2D eigenvalue weighted by atomic mass is 10.1. The van der Waals surface area contributed by atoms with E-state index in [-0.39, 0.29) is 5.56 Å². The minimum absolute atomic E-state index is 0.0709. The molecule has 0 aliphatic heterocycles. The number of nitrogens with two attached hydrogens (primary N) is 1. The molecular weight excluding hydrogens is 264 g/mol. The molecule has 0 radical (unpaired) electrons. The molecule has 0 heterocycles. The average molecular weight is 274 g/mol. The second kappa shape index (κ2) is 5.10. The summed E-state index contributed by atoms with van der Waals surface area (Å²) in [6.45, 7) is 0. The summed E-state index contributed by atoms with van der Waals surface area (Å²) in [6, 6.07) is 3.54. The molecule has 9 heteroatoms. The molecule has 0 saturated carbocycles. The van der Waals surface area contributed by atoms with Crippen molar-refractivity contribution in [2.45, 2.75) is 11.3 Å². The highest BCUT2D eigenvalue weighted by molar-refractivity contribution is 7.89. The van der Waals surface area contributed by atoms with E-state index in [9.17, 15) is 23.3 Å². The standard InChI is InChI=1S/C9H10N2O6S/c1-17-8(12)5-6-3-2-4-7(18(10,15)16)9(6)11(13)14/h2-4H,5H2,1H3,(H2,10,15,16). The number of nitro benzene ring substituents is 1. The molecule has 0 aliphatic carbocycles. The number of carbonyl (C=O) groups is 1. The number of primary sulfonamides is 1. The maximum Gasteiger partial charge on any atom is 0.310 e. The van der Waals surface area contributed by atoms with E-state index in [0.29, 0.717) is 0 Å². The molecule has 2 N–H and O–H groups in total. The van der Waals surface area contributed by atoms with E-state index in [1.54, 1.807) is 0 Å². The van der Waals surface area contributed by atoms with Gasteiger partial charge in [0.1, 0.15) is 0 Å². The maximum absolute atomic E-state index is 11.2. The molecular formula is C9H10N2O6S. The molecule has 0 bridgehead atoms. The molecule has 0 spiro atoms. The molecule has 1 aromatic rings. The third-order valence-electron chi connectivity index (χ3n) is 2.13. The molecule has 0 aliphatic rings. The van der Waals surface area contributed by atoms with Crippen LogP contribution in [0.1, 0.15) is 5.56 Å². The van der Waals surface area contributed by atoms with Crippen molar-refractivity contribution in [1.82, 2.24) is 0 Å². The van der Waals surface area contributed by atoms with Gasteiger partial charge in [0.2, 0.25) is 10.0 Å². The lowest BCUT2D eigenvalue weighted by Crippen LogP contribution is -2.16. The quantitative estimate of drug-likeness (QED) is 0.465. The highest BCUT2D eigenvalue weighted by Crippen LogP contribution is 2.27. The largest absolute Gasteiger partial charge is 0.469 e. The van der Waals surface area contributed by atoms with E-state index in [4.69, 9.17) is 5.14 Å². The molecule has 0 saturated heterocycles. The van der Waals surface area contributed by atoms with Crippen LogP contribution in [0, 0.1) is 10.1 Å². The number of rotatable bonds is 4. The predicted molar refractivity (Wildman–Crippen MR) is 60.2 cm³/mol. The van der Waals surface area contributed by atoms with Crippen LogP contribution in [0.4, 0.5) is 5.69 Å². The first-order valence-corrected chi connectivity index (χ1v) is 6.18. The van der Waals surface area contributed by atoms with Gasteiger partial charge in [0.15, 0.2) is 4.90 Å². The number of hydrogen-bond acceptors (Lipinski definition) is 6. The van der Waals surface area contributed by atoms with Crippen LogP contribution in [0.5, 0.6) is 0 Å². The molecule has 98 valence electrons. The molecule has 0 unspecified atom stereocenters. The number of esters is 1. The smallest absolute Gasteiger partial charge is 0.310 e. The van der Waals surface area contributed by atoms with Crippen LogP contribution in [-0.4, -0.2) is 26.4 Å². The molecule has 18 heavy (non-hydrogen) atoms. The van der Waals surface area contributed by atoms with Crippen molar-refractivity contribution >= 4 is 21.7 Å². The molecule has 8 nitrogen and oxygen atoms in total. The minimum atomic E-state index is -4.24. The van der Waals surface area contributed by atoms with E-state index in [0.717, 1.165) is 13.2 Å². The Kier molecular flexibility index (Phi) is 3.99. The van der Waals surface area contributed by atoms with Crippen LogP contribution >= 0.6 is 0 Å². The Morgan fingerprint density at radius 3 is 2.56 bits per heavy atom. The number of nitrogens with zero attached hydrogens (tertiary/aromatic N) is 1. The highest BCUT2D eigenvalue weighted by Gasteiger charge is 2.27. The van der Waals surface area contributed by atoms with Gasteiger partial charge in [-0.1, -0.05) is 12.1 Å². The average Bonchev–Trinajstić information content (AvgIpc) is 2.27. The summed E-state index contributed by atoms with van der Waals surface area (Å²) in [6.07, 6.45) is -0.407. The lowest BCUT2D eigenvalue weighted by Gasteiger charge is -2.05. The highest BCUT2D eigenvalue weighted by atomic mass is 32.2. The van der Waals surface area contributed by atoms with Crippen LogP contribution in [0.15, 0.2) is 23.1 Å². The molecule has 0 aromatic heterocycles. The molecule has 0 atom stereocenters. The van der Waals surface area contributed by atoms with Gasteiger partial charge in [-0.25, -0.2) is 13.6 Å². The van der Waals surface area contributed by atoms with Gasteiger partial charge in [0.05, 0.1) is 18.5 Å². The first kappa shape index (κ1) is 14.1. The first-order valence-electron chi connectivity index (χ1n) is 4.63. The van der Waals surface area contributed by atoms with Crippen LogP contribution in [0.2, 0.25) is 0 Å². The molecule has 0 amide bonds. The summed E-state index contributed by atoms with van der Waals surface area (Å²) in [5.74, 6) is -0.718. The Morgan fingerprint density at radius 2 is 2.11 bits per heavy atom. The third-order valence-corrected chi connectivity index (χ3v) is 3.08. The van der Waals surface area contributed by atoms with E-state index in [2.05, 4.69) is 4.74 Å². The van der Waals surface area contributed by atoms with Crippen molar-refractivity contribution in [3.05, 3.63) is 33.9 Å². The fraction of sp³-hybridized carbons (Fsp3) is 0.222.